The third-order valence-electron chi connectivity index (χ3n) is 4.84. The number of aliphatic hydroxyl groups is 1. The summed E-state index contributed by atoms with van der Waals surface area (Å²) in [5.74, 6) is -0.798. The summed E-state index contributed by atoms with van der Waals surface area (Å²) in [6.45, 7) is 8.70. The van der Waals surface area contributed by atoms with E-state index in [1.165, 1.54) is 6.92 Å². The molecule has 1 rings (SSSR count). The number of ether oxygens (including phenoxy) is 2. The number of unbranched alkanes of at least 4 members (excludes halogenated alkanes) is 1. The van der Waals surface area contributed by atoms with Crippen LogP contribution in [0.5, 0.6) is 0 Å². The minimum Gasteiger partial charge on any atom is -0.479 e. The van der Waals surface area contributed by atoms with E-state index in [0.29, 0.717) is 37.1 Å². The number of rotatable bonds is 12. The summed E-state index contributed by atoms with van der Waals surface area (Å²) in [7, 11) is 3.82. The van der Waals surface area contributed by atoms with E-state index >= 15 is 0 Å². The van der Waals surface area contributed by atoms with E-state index in [9.17, 15) is 14.4 Å². The minimum absolute atomic E-state index is 0.304. The van der Waals surface area contributed by atoms with E-state index < -0.39 is 24.3 Å². The van der Waals surface area contributed by atoms with Crippen LogP contribution in [0, 0.1) is 12.8 Å². The fourth-order valence-corrected chi connectivity index (χ4v) is 2.55. The second-order valence-electron chi connectivity index (χ2n) is 8.25. The van der Waals surface area contributed by atoms with E-state index in [1.807, 2.05) is 32.0 Å². The molecule has 0 radical (unpaired) electrons. The van der Waals surface area contributed by atoms with E-state index in [2.05, 4.69) is 24.5 Å². The number of aliphatic hydroxyl groups excluding tert-OH is 1. The van der Waals surface area contributed by atoms with Gasteiger partial charge < -0.3 is 24.6 Å². The maximum absolute atomic E-state index is 12.1. The highest BCUT2D eigenvalue weighted by Gasteiger charge is 2.12. The summed E-state index contributed by atoms with van der Waals surface area (Å²) < 4.78 is 10.5. The number of carbonyl (C=O) groups excluding carboxylic acids is 2. The molecule has 0 heterocycles. The Bertz CT molecular complexity index is 754. The number of nitrogens with one attached hydrogen (secondary N) is 2. The van der Waals surface area contributed by atoms with Crippen LogP contribution in [0.2, 0.25) is 0 Å². The van der Waals surface area contributed by atoms with Crippen LogP contribution in [-0.4, -0.2) is 73.2 Å². The number of likely N-dealkylation sites (N-methyl/N-ethyl adjacent to an activating group) is 1. The molecule has 10 heteroatoms. The largest absolute Gasteiger partial charge is 0.479 e. The van der Waals surface area contributed by atoms with Gasteiger partial charge in [0.1, 0.15) is 12.7 Å². The van der Waals surface area contributed by atoms with Crippen LogP contribution in [0.15, 0.2) is 18.2 Å². The van der Waals surface area contributed by atoms with Gasteiger partial charge in [-0.1, -0.05) is 39.2 Å². The first-order valence-electron chi connectivity index (χ1n) is 11.5. The fraction of sp³-hybridized carbons (Fsp3) is 0.625. The molecule has 0 saturated carbocycles. The molecule has 34 heavy (non-hydrogen) atoms. The Morgan fingerprint density at radius 3 is 2.24 bits per heavy atom. The predicted molar refractivity (Wildman–Crippen MR) is 132 cm³/mol. The maximum atomic E-state index is 12.1. The van der Waals surface area contributed by atoms with Gasteiger partial charge in [0.2, 0.25) is 0 Å². The van der Waals surface area contributed by atoms with Crippen LogP contribution in [0.1, 0.15) is 52.0 Å². The molecule has 0 aliphatic rings. The lowest BCUT2D eigenvalue weighted by Gasteiger charge is -2.16. The number of amides is 2. The number of anilines is 2. The summed E-state index contributed by atoms with van der Waals surface area (Å²) in [6, 6.07) is 5.28. The van der Waals surface area contributed by atoms with Crippen molar-refractivity contribution in [2.45, 2.75) is 59.5 Å². The van der Waals surface area contributed by atoms with Crippen LogP contribution < -0.4 is 10.6 Å². The van der Waals surface area contributed by atoms with E-state index in [4.69, 9.17) is 19.7 Å². The number of hydrogen-bond donors (Lipinski definition) is 4. The summed E-state index contributed by atoms with van der Waals surface area (Å²) in [5.41, 5.74) is 2.01. The molecule has 194 valence electrons. The third kappa shape index (κ3) is 15.1. The van der Waals surface area contributed by atoms with Gasteiger partial charge in [0.15, 0.2) is 0 Å². The van der Waals surface area contributed by atoms with Crippen LogP contribution in [0.3, 0.4) is 0 Å². The molecule has 0 aromatic heterocycles. The molecule has 0 fully saturated rings. The van der Waals surface area contributed by atoms with Gasteiger partial charge in [0.25, 0.3) is 0 Å². The molecule has 1 aromatic rings. The second-order valence-corrected chi connectivity index (χ2v) is 8.25. The number of aliphatic carboxylic acids is 1. The number of carboxylic acid groups (broad SMARTS) is 1. The Kier molecular flexibility index (Phi) is 16.1. The average Bonchev–Trinajstić information content (AvgIpc) is 2.76. The van der Waals surface area contributed by atoms with Gasteiger partial charge in [-0.05, 0) is 58.0 Å². The molecule has 0 aliphatic carbocycles. The maximum Gasteiger partial charge on any atom is 0.411 e. The summed E-state index contributed by atoms with van der Waals surface area (Å²) in [5, 5.41) is 21.2. The van der Waals surface area contributed by atoms with Gasteiger partial charge in [0, 0.05) is 17.9 Å². The van der Waals surface area contributed by atoms with E-state index in [0.717, 1.165) is 31.2 Å². The summed E-state index contributed by atoms with van der Waals surface area (Å²) in [6.07, 6.45) is 2.09. The minimum atomic E-state index is -1.23. The Labute approximate surface area is 202 Å². The highest BCUT2D eigenvalue weighted by Crippen LogP contribution is 2.21. The molecular weight excluding hydrogens is 442 g/mol. The molecule has 2 atom stereocenters. The molecule has 4 N–H and O–H groups in total. The first-order valence-corrected chi connectivity index (χ1v) is 11.5. The van der Waals surface area contributed by atoms with E-state index in [-0.39, 0.29) is 0 Å². The third-order valence-corrected chi connectivity index (χ3v) is 4.84. The van der Waals surface area contributed by atoms with Crippen molar-refractivity contribution in [1.29, 1.82) is 0 Å². The van der Waals surface area contributed by atoms with E-state index in [1.54, 1.807) is 12.1 Å². The first kappa shape index (κ1) is 31.1. The van der Waals surface area contributed by atoms with Crippen molar-refractivity contribution >= 4 is 29.5 Å². The number of hydrogen-bond acceptors (Lipinski definition) is 7. The Morgan fingerprint density at radius 1 is 1.09 bits per heavy atom. The SMILES string of the molecule is CC(O)C(=O)O.CCCCC(CC)COC(=O)Nc1ccc(C)c(NC(=O)OCCN(C)C)c1. The Balaban J connectivity index is 0.00000160. The standard InChI is InChI=1S/C21H35N3O4.C3H6O3/c1-6-8-9-17(7-2)15-28-20(25)22-18-11-10-16(3)19(14-18)23-21(26)27-13-12-24(4)5;1-2(4)3(5)6/h10-11,14,17H,6-9,12-13,15H2,1-5H3,(H,22,25)(H,23,26);2,4H,1H3,(H,5,6). The molecule has 0 aliphatic heterocycles. The quantitative estimate of drug-likeness (QED) is 0.345. The van der Waals surface area contributed by atoms with Gasteiger partial charge in [-0.25, -0.2) is 14.4 Å². The van der Waals surface area contributed by atoms with Crippen LogP contribution >= 0.6 is 0 Å². The lowest BCUT2D eigenvalue weighted by atomic mass is 10.0. The molecule has 1 aromatic carbocycles. The molecular formula is C24H41N3O7. The zero-order valence-electron chi connectivity index (χ0n) is 21.2. The van der Waals surface area contributed by atoms with Crippen molar-refractivity contribution in [3.63, 3.8) is 0 Å². The first-order chi connectivity index (χ1) is 16.0. The van der Waals surface area contributed by atoms with Crippen LogP contribution in [-0.2, 0) is 14.3 Å². The van der Waals surface area contributed by atoms with Gasteiger partial charge in [-0.2, -0.15) is 0 Å². The number of nitrogens with zero attached hydrogens (tertiary/aromatic N) is 1. The normalized spacial score (nSPS) is 12.1. The smallest absolute Gasteiger partial charge is 0.411 e. The Hall–Kier alpha value is -2.85. The highest BCUT2D eigenvalue weighted by molar-refractivity contribution is 5.89. The van der Waals surface area contributed by atoms with Crippen molar-refractivity contribution in [1.82, 2.24) is 4.90 Å². The lowest BCUT2D eigenvalue weighted by molar-refractivity contribution is -0.145. The molecule has 0 saturated heterocycles. The summed E-state index contributed by atoms with van der Waals surface area (Å²) >= 11 is 0. The Morgan fingerprint density at radius 2 is 1.71 bits per heavy atom. The monoisotopic (exact) mass is 483 g/mol. The number of benzene rings is 1. The molecule has 2 unspecified atom stereocenters. The van der Waals surface area contributed by atoms with Crippen molar-refractivity contribution in [3.8, 4) is 0 Å². The number of carbonyl (C=O) groups is 3. The number of carboxylic acids is 1. The van der Waals surface area contributed by atoms with Crippen molar-refractivity contribution in [3.05, 3.63) is 23.8 Å². The van der Waals surface area contributed by atoms with Gasteiger partial charge in [-0.15, -0.1) is 0 Å². The second kappa shape index (κ2) is 17.6. The van der Waals surface area contributed by atoms with Crippen molar-refractivity contribution in [2.24, 2.45) is 5.92 Å². The van der Waals surface area contributed by atoms with Crippen molar-refractivity contribution < 1.29 is 34.1 Å². The van der Waals surface area contributed by atoms with Gasteiger partial charge in [0.05, 0.1) is 6.61 Å². The zero-order valence-corrected chi connectivity index (χ0v) is 21.2. The highest BCUT2D eigenvalue weighted by atomic mass is 16.6. The van der Waals surface area contributed by atoms with Gasteiger partial charge >= 0.3 is 18.2 Å². The van der Waals surface area contributed by atoms with Crippen LogP contribution in [0.25, 0.3) is 0 Å². The zero-order chi connectivity index (χ0) is 26.1. The van der Waals surface area contributed by atoms with Gasteiger partial charge in [-0.3, -0.25) is 10.6 Å². The predicted octanol–water partition coefficient (Wildman–Crippen LogP) is 4.32. The molecule has 0 bridgehead atoms. The topological polar surface area (TPSA) is 137 Å². The average molecular weight is 484 g/mol. The summed E-state index contributed by atoms with van der Waals surface area (Å²) in [4.78, 5) is 35.4. The molecule has 2 amide bonds. The lowest BCUT2D eigenvalue weighted by Crippen LogP contribution is -2.23. The molecule has 0 spiro atoms. The van der Waals surface area contributed by atoms with Crippen molar-refractivity contribution in [2.75, 3.05) is 44.5 Å². The van der Waals surface area contributed by atoms with Crippen LogP contribution in [0.4, 0.5) is 21.0 Å². The number of aryl methyl sites for hydroxylation is 1. The molecule has 10 nitrogen and oxygen atoms in total. The fourth-order valence-electron chi connectivity index (χ4n) is 2.55.